The van der Waals surface area contributed by atoms with Crippen molar-refractivity contribution < 1.29 is 9.67 Å². The van der Waals surface area contributed by atoms with Crippen molar-refractivity contribution in [2.75, 3.05) is 12.5 Å². The second-order valence-electron chi connectivity index (χ2n) is 2.50. The molecule has 0 radical (unpaired) electrons. The van der Waals surface area contributed by atoms with Gasteiger partial charge in [0.25, 0.3) is 0 Å². The molecule has 0 fully saturated rings. The Balaban J connectivity index is 4.11. The molecule has 1 N–H and O–H groups in total. The summed E-state index contributed by atoms with van der Waals surface area (Å²) in [5.41, 5.74) is 0.132. The lowest BCUT2D eigenvalue weighted by Crippen LogP contribution is -2.03. The van der Waals surface area contributed by atoms with Crippen molar-refractivity contribution in [1.29, 1.82) is 0 Å². The van der Waals surface area contributed by atoms with Crippen molar-refractivity contribution in [3.63, 3.8) is 0 Å². The molecule has 0 amide bonds. The molecule has 0 aliphatic rings. The molecule has 0 saturated carbocycles. The van der Waals surface area contributed by atoms with Gasteiger partial charge >= 0.3 is 0 Å². The minimum atomic E-state index is -2.20. The van der Waals surface area contributed by atoms with E-state index in [1.54, 1.807) is 0 Å². The van der Waals surface area contributed by atoms with Crippen LogP contribution in [-0.4, -0.2) is 23.3 Å². The van der Waals surface area contributed by atoms with Crippen molar-refractivity contribution in [1.82, 2.24) is 0 Å². The smallest absolute Gasteiger partial charge is 0.114 e. The van der Waals surface area contributed by atoms with Crippen molar-refractivity contribution in [2.45, 2.75) is 26.4 Å². The summed E-state index contributed by atoms with van der Waals surface area (Å²) >= 11 is 0. The van der Waals surface area contributed by atoms with Gasteiger partial charge in [0, 0.05) is 11.8 Å². The fourth-order valence-corrected chi connectivity index (χ4v) is 1.89. The zero-order valence-corrected chi connectivity index (χ0v) is 7.19. The lowest BCUT2D eigenvalue weighted by atomic mass is 10.6. The molecular formula is C6H15O2P. The van der Waals surface area contributed by atoms with Gasteiger partial charge in [0.2, 0.25) is 0 Å². The van der Waals surface area contributed by atoms with Gasteiger partial charge in [-0.25, -0.2) is 0 Å². The minimum Gasteiger partial charge on any atom is -0.389 e. The Labute approximate surface area is 56.6 Å². The highest BCUT2D eigenvalue weighted by Crippen LogP contribution is 2.48. The molecule has 0 aliphatic carbocycles. The maximum Gasteiger partial charge on any atom is 0.114 e. The van der Waals surface area contributed by atoms with Gasteiger partial charge in [0.05, 0.1) is 6.35 Å². The van der Waals surface area contributed by atoms with Crippen LogP contribution in [0.1, 0.15) is 20.8 Å². The highest BCUT2D eigenvalue weighted by molar-refractivity contribution is 7.64. The largest absolute Gasteiger partial charge is 0.389 e. The Morgan fingerprint density at radius 1 is 1.56 bits per heavy atom. The number of aliphatic hydroxyl groups is 1. The Hall–Kier alpha value is 0.190. The summed E-state index contributed by atoms with van der Waals surface area (Å²) in [6.45, 7) is 5.64. The lowest BCUT2D eigenvalue weighted by Gasteiger charge is -2.16. The van der Waals surface area contributed by atoms with E-state index >= 15 is 0 Å². The van der Waals surface area contributed by atoms with E-state index < -0.39 is 7.14 Å². The van der Waals surface area contributed by atoms with Gasteiger partial charge in [-0.2, -0.15) is 0 Å². The van der Waals surface area contributed by atoms with Crippen LogP contribution in [0.5, 0.6) is 0 Å². The van der Waals surface area contributed by atoms with E-state index in [0.717, 1.165) is 0 Å². The van der Waals surface area contributed by atoms with E-state index in [0.29, 0.717) is 6.16 Å². The first-order valence-corrected chi connectivity index (χ1v) is 5.40. The van der Waals surface area contributed by atoms with Gasteiger partial charge < -0.3 is 9.67 Å². The minimum absolute atomic E-state index is 0.132. The molecule has 2 nitrogen and oxygen atoms in total. The van der Waals surface area contributed by atoms with E-state index in [9.17, 15) is 4.57 Å². The Kier molecular flexibility index (Phi) is 3.45. The summed E-state index contributed by atoms with van der Waals surface area (Å²) in [6.07, 6.45) is 0.475. The average molecular weight is 150 g/mol. The van der Waals surface area contributed by atoms with Crippen LogP contribution < -0.4 is 0 Å². The highest BCUT2D eigenvalue weighted by atomic mass is 31.2. The van der Waals surface area contributed by atoms with Crippen LogP contribution >= 0.6 is 7.14 Å². The maximum absolute atomic E-state index is 11.4. The SMILES string of the molecule is CCP(=O)(CO)C(C)C. The molecule has 1 unspecified atom stereocenters. The molecule has 0 saturated heterocycles. The third-order valence-electron chi connectivity index (χ3n) is 1.72. The van der Waals surface area contributed by atoms with Crippen molar-refractivity contribution >= 4 is 7.14 Å². The number of aliphatic hydroxyl groups excluding tert-OH is 1. The van der Waals surface area contributed by atoms with Crippen molar-refractivity contribution in [3.8, 4) is 0 Å². The first-order chi connectivity index (χ1) is 4.06. The van der Waals surface area contributed by atoms with Crippen LogP contribution in [0, 0.1) is 0 Å². The summed E-state index contributed by atoms with van der Waals surface area (Å²) in [4.78, 5) is 0. The summed E-state index contributed by atoms with van der Waals surface area (Å²) in [7, 11) is -2.20. The molecule has 0 aromatic heterocycles. The summed E-state index contributed by atoms with van der Waals surface area (Å²) in [5, 5.41) is 8.69. The molecule has 0 heterocycles. The normalized spacial score (nSPS) is 17.9. The lowest BCUT2D eigenvalue weighted by molar-refractivity contribution is 0.356. The third kappa shape index (κ3) is 2.11. The van der Waals surface area contributed by atoms with E-state index in [2.05, 4.69) is 0 Å². The van der Waals surface area contributed by atoms with E-state index in [1.807, 2.05) is 20.8 Å². The zero-order valence-electron chi connectivity index (χ0n) is 6.29. The van der Waals surface area contributed by atoms with E-state index in [-0.39, 0.29) is 12.0 Å². The van der Waals surface area contributed by atoms with Gasteiger partial charge in [-0.15, -0.1) is 0 Å². The standard InChI is InChI=1S/C6H15O2P/c1-4-9(8,5-7)6(2)3/h6-7H,4-5H2,1-3H3. The molecule has 1 atom stereocenters. The summed E-state index contributed by atoms with van der Waals surface area (Å²) in [5.74, 6) is 0. The molecule has 0 aliphatic heterocycles. The molecule has 0 spiro atoms. The molecular weight excluding hydrogens is 135 g/mol. The topological polar surface area (TPSA) is 37.3 Å². The first-order valence-electron chi connectivity index (χ1n) is 3.25. The van der Waals surface area contributed by atoms with Gasteiger partial charge in [-0.1, -0.05) is 20.8 Å². The predicted octanol–water partition coefficient (Wildman–Crippen LogP) is 1.73. The van der Waals surface area contributed by atoms with Gasteiger partial charge in [-0.05, 0) is 0 Å². The van der Waals surface area contributed by atoms with Crippen molar-refractivity contribution in [3.05, 3.63) is 0 Å². The number of hydrogen-bond acceptors (Lipinski definition) is 2. The van der Waals surface area contributed by atoms with E-state index in [4.69, 9.17) is 5.11 Å². The average Bonchev–Trinajstić information content (AvgIpc) is 1.86. The molecule has 0 bridgehead atoms. The number of rotatable bonds is 3. The Bertz CT molecular complexity index is 112. The molecule has 0 aromatic carbocycles. The molecule has 3 heteroatoms. The fraction of sp³-hybridized carbons (Fsp3) is 1.00. The maximum atomic E-state index is 11.4. The monoisotopic (exact) mass is 150 g/mol. The molecule has 0 rings (SSSR count). The van der Waals surface area contributed by atoms with Crippen LogP contribution in [0.15, 0.2) is 0 Å². The van der Waals surface area contributed by atoms with Crippen LogP contribution in [-0.2, 0) is 4.57 Å². The Morgan fingerprint density at radius 3 is 2.00 bits per heavy atom. The van der Waals surface area contributed by atoms with Crippen LogP contribution in [0.25, 0.3) is 0 Å². The third-order valence-corrected chi connectivity index (χ3v) is 5.15. The number of hydrogen-bond donors (Lipinski definition) is 1. The highest BCUT2D eigenvalue weighted by Gasteiger charge is 2.22. The molecule has 56 valence electrons. The second-order valence-corrected chi connectivity index (χ2v) is 6.36. The van der Waals surface area contributed by atoms with Crippen molar-refractivity contribution in [2.24, 2.45) is 0 Å². The summed E-state index contributed by atoms with van der Waals surface area (Å²) in [6, 6.07) is 0. The Morgan fingerprint density at radius 2 is 2.00 bits per heavy atom. The predicted molar refractivity (Wildman–Crippen MR) is 40.4 cm³/mol. The zero-order chi connectivity index (χ0) is 7.49. The van der Waals surface area contributed by atoms with Crippen LogP contribution in [0.2, 0.25) is 0 Å². The van der Waals surface area contributed by atoms with Gasteiger partial charge in [0.1, 0.15) is 7.14 Å². The molecule has 0 aromatic rings. The van der Waals surface area contributed by atoms with Gasteiger partial charge in [0.15, 0.2) is 0 Å². The second kappa shape index (κ2) is 3.38. The quantitative estimate of drug-likeness (QED) is 0.622. The first kappa shape index (κ1) is 9.19. The van der Waals surface area contributed by atoms with Crippen LogP contribution in [0.3, 0.4) is 0 Å². The van der Waals surface area contributed by atoms with Gasteiger partial charge in [-0.3, -0.25) is 0 Å². The summed E-state index contributed by atoms with van der Waals surface area (Å²) < 4.78 is 11.4. The fourth-order valence-electron chi connectivity index (χ4n) is 0.628. The van der Waals surface area contributed by atoms with Crippen LogP contribution in [0.4, 0.5) is 0 Å². The molecule has 9 heavy (non-hydrogen) atoms. The van der Waals surface area contributed by atoms with E-state index in [1.165, 1.54) is 0 Å².